The first kappa shape index (κ1) is 22.7. The molecule has 2 aromatic carbocycles. The summed E-state index contributed by atoms with van der Waals surface area (Å²) in [7, 11) is 0. The topological polar surface area (TPSA) is 119 Å². The monoisotopic (exact) mass is 534 g/mol. The van der Waals surface area contributed by atoms with Gasteiger partial charge in [0.2, 0.25) is 5.91 Å². The van der Waals surface area contributed by atoms with E-state index in [1.807, 2.05) is 6.07 Å². The maximum absolute atomic E-state index is 13.6. The predicted molar refractivity (Wildman–Crippen MR) is 127 cm³/mol. The molecule has 3 N–H and O–H groups in total. The highest BCUT2D eigenvalue weighted by atomic mass is 127. The Hall–Kier alpha value is -2.95. The van der Waals surface area contributed by atoms with Crippen molar-refractivity contribution in [1.29, 1.82) is 0 Å². The molecular weight excluding hydrogens is 511 g/mol. The van der Waals surface area contributed by atoms with E-state index in [0.29, 0.717) is 16.6 Å². The number of carbonyl (C=O) groups is 2. The highest BCUT2D eigenvalue weighted by Gasteiger charge is 2.34. The third kappa shape index (κ3) is 4.27. The van der Waals surface area contributed by atoms with Gasteiger partial charge in [-0.25, -0.2) is 9.78 Å². The van der Waals surface area contributed by atoms with Crippen LogP contribution in [-0.4, -0.2) is 37.1 Å². The van der Waals surface area contributed by atoms with Crippen LogP contribution in [0.3, 0.4) is 0 Å². The molecule has 3 rings (SSSR count). The van der Waals surface area contributed by atoms with Crippen LogP contribution < -0.4 is 11.3 Å². The quantitative estimate of drug-likeness (QED) is 0.492. The van der Waals surface area contributed by atoms with Gasteiger partial charge < -0.3 is 10.8 Å². The average molecular weight is 534 g/mol. The number of nitrogens with zero attached hydrogens (tertiary/aromatic N) is 3. The van der Waals surface area contributed by atoms with E-state index in [9.17, 15) is 19.5 Å². The molecule has 0 spiro atoms. The molecule has 0 fully saturated rings. The summed E-state index contributed by atoms with van der Waals surface area (Å²) in [5, 5.41) is 10.3. The number of amides is 2. The molecule has 3 aromatic rings. The second-order valence-corrected chi connectivity index (χ2v) is 9.32. The van der Waals surface area contributed by atoms with Gasteiger partial charge in [-0.15, -0.1) is 0 Å². The molecule has 0 saturated heterocycles. The number of benzene rings is 2. The lowest BCUT2D eigenvalue weighted by molar-refractivity contribution is 0.0719. The Bertz CT molecular complexity index is 1250. The zero-order chi connectivity index (χ0) is 23.1. The molecule has 9 heteroatoms. The Kier molecular flexibility index (Phi) is 6.08. The van der Waals surface area contributed by atoms with Crippen LogP contribution in [0.5, 0.6) is 0 Å². The minimum absolute atomic E-state index is 0.233. The van der Waals surface area contributed by atoms with Crippen molar-refractivity contribution in [2.75, 3.05) is 0 Å². The molecule has 0 aliphatic heterocycles. The van der Waals surface area contributed by atoms with Crippen molar-refractivity contribution < 1.29 is 14.7 Å². The summed E-state index contributed by atoms with van der Waals surface area (Å²) < 4.78 is 2.13. The highest BCUT2D eigenvalue weighted by molar-refractivity contribution is 14.1. The Morgan fingerprint density at radius 1 is 1.19 bits per heavy atom. The normalized spacial score (nSPS) is 12.5. The summed E-state index contributed by atoms with van der Waals surface area (Å²) in [6, 6.07) is 10.8. The van der Waals surface area contributed by atoms with Crippen molar-refractivity contribution in [1.82, 2.24) is 14.5 Å². The van der Waals surface area contributed by atoms with Gasteiger partial charge in [-0.2, -0.15) is 0 Å². The Morgan fingerprint density at radius 3 is 2.42 bits per heavy atom. The van der Waals surface area contributed by atoms with Gasteiger partial charge in [-0.1, -0.05) is 12.1 Å². The molecule has 31 heavy (non-hydrogen) atoms. The molecule has 0 radical (unpaired) electrons. The molecule has 1 atom stereocenters. The number of carboxylic acid groups (broad SMARTS) is 1. The first-order valence-corrected chi connectivity index (χ1v) is 10.6. The van der Waals surface area contributed by atoms with Crippen molar-refractivity contribution in [2.24, 2.45) is 5.73 Å². The first-order chi connectivity index (χ1) is 14.4. The van der Waals surface area contributed by atoms with Crippen molar-refractivity contribution >= 4 is 45.5 Å². The summed E-state index contributed by atoms with van der Waals surface area (Å²) >= 11 is 2.10. The second kappa shape index (κ2) is 8.29. The SMILES string of the molecule is C[C@@H](c1nc2c(I)cccc2c(=O)n1-c1cccc(C(N)=O)c1)N(C(=O)O)C(C)(C)C. The fourth-order valence-corrected chi connectivity index (χ4v) is 4.29. The molecule has 1 aromatic heterocycles. The maximum Gasteiger partial charge on any atom is 0.408 e. The first-order valence-electron chi connectivity index (χ1n) is 9.57. The third-order valence-electron chi connectivity index (χ3n) is 4.95. The van der Waals surface area contributed by atoms with Crippen LogP contribution in [0.4, 0.5) is 4.79 Å². The van der Waals surface area contributed by atoms with Gasteiger partial charge in [-0.05, 0) is 80.6 Å². The van der Waals surface area contributed by atoms with Crippen molar-refractivity contribution in [3.05, 3.63) is 67.8 Å². The molecule has 8 nitrogen and oxygen atoms in total. The molecule has 2 amide bonds. The summed E-state index contributed by atoms with van der Waals surface area (Å²) in [6.45, 7) is 7.02. The number of aromatic nitrogens is 2. The number of nitrogens with two attached hydrogens (primary N) is 1. The number of primary amides is 1. The number of fused-ring (bicyclic) bond motifs is 1. The second-order valence-electron chi connectivity index (χ2n) is 8.16. The van der Waals surface area contributed by atoms with Gasteiger partial charge in [-0.3, -0.25) is 19.1 Å². The van der Waals surface area contributed by atoms with Crippen LogP contribution in [0.15, 0.2) is 47.3 Å². The smallest absolute Gasteiger partial charge is 0.408 e. The van der Waals surface area contributed by atoms with Crippen LogP contribution in [0, 0.1) is 3.57 Å². The Balaban J connectivity index is 2.42. The zero-order valence-electron chi connectivity index (χ0n) is 17.6. The number of hydrogen-bond donors (Lipinski definition) is 2. The number of para-hydroxylation sites is 1. The van der Waals surface area contributed by atoms with Gasteiger partial charge in [0.25, 0.3) is 5.56 Å². The van der Waals surface area contributed by atoms with Crippen molar-refractivity contribution in [3.63, 3.8) is 0 Å². The Morgan fingerprint density at radius 2 is 1.84 bits per heavy atom. The molecular formula is C22H23IN4O4. The van der Waals surface area contributed by atoms with E-state index in [4.69, 9.17) is 10.7 Å². The van der Waals surface area contributed by atoms with Crippen LogP contribution in [-0.2, 0) is 0 Å². The largest absolute Gasteiger partial charge is 0.465 e. The average Bonchev–Trinajstić information content (AvgIpc) is 2.67. The third-order valence-corrected chi connectivity index (χ3v) is 5.82. The standard InChI is InChI=1S/C22H23IN4O4/c1-12(27(21(30)31)22(2,3)4)19-25-17-15(9-6-10-16(17)23)20(29)26(19)14-8-5-7-13(11-14)18(24)28/h5-12H,1-4H3,(H2,24,28)(H,30,31)/t12-/m0/s1. The molecule has 1 heterocycles. The summed E-state index contributed by atoms with van der Waals surface area (Å²) in [5.74, 6) is -0.379. The van der Waals surface area contributed by atoms with Crippen LogP contribution in [0.2, 0.25) is 0 Å². The van der Waals surface area contributed by atoms with Crippen LogP contribution >= 0.6 is 22.6 Å². The van der Waals surface area contributed by atoms with E-state index < -0.39 is 23.6 Å². The van der Waals surface area contributed by atoms with Gasteiger partial charge in [0.15, 0.2) is 0 Å². The predicted octanol–water partition coefficient (Wildman–Crippen LogP) is 3.93. The fourth-order valence-electron chi connectivity index (χ4n) is 3.67. The number of hydrogen-bond acceptors (Lipinski definition) is 4. The minimum Gasteiger partial charge on any atom is -0.465 e. The van der Waals surface area contributed by atoms with Crippen molar-refractivity contribution in [3.8, 4) is 5.69 Å². The van der Waals surface area contributed by atoms with E-state index >= 15 is 0 Å². The summed E-state index contributed by atoms with van der Waals surface area (Å²) in [4.78, 5) is 43.4. The molecule has 0 aliphatic rings. The van der Waals surface area contributed by atoms with E-state index in [2.05, 4.69) is 22.6 Å². The van der Waals surface area contributed by atoms with E-state index in [0.717, 1.165) is 3.57 Å². The van der Waals surface area contributed by atoms with E-state index in [1.165, 1.54) is 15.5 Å². The lowest BCUT2D eigenvalue weighted by Crippen LogP contribution is -2.47. The van der Waals surface area contributed by atoms with Gasteiger partial charge >= 0.3 is 6.09 Å². The number of rotatable bonds is 4. The van der Waals surface area contributed by atoms with E-state index in [-0.39, 0.29) is 16.9 Å². The van der Waals surface area contributed by atoms with Crippen LogP contribution in [0.25, 0.3) is 16.6 Å². The molecule has 0 aliphatic carbocycles. The summed E-state index contributed by atoms with van der Waals surface area (Å²) in [6.07, 6.45) is -1.13. The molecule has 0 unspecified atom stereocenters. The number of halogens is 1. The summed E-state index contributed by atoms with van der Waals surface area (Å²) in [5.41, 5.74) is 5.43. The van der Waals surface area contributed by atoms with Crippen LogP contribution in [0.1, 0.15) is 49.9 Å². The van der Waals surface area contributed by atoms with E-state index in [1.54, 1.807) is 58.0 Å². The number of carbonyl (C=O) groups excluding carboxylic acids is 1. The zero-order valence-corrected chi connectivity index (χ0v) is 19.7. The molecule has 162 valence electrons. The molecule has 0 bridgehead atoms. The lowest BCUT2D eigenvalue weighted by Gasteiger charge is -2.38. The maximum atomic E-state index is 13.6. The highest BCUT2D eigenvalue weighted by Crippen LogP contribution is 2.29. The molecule has 0 saturated carbocycles. The van der Waals surface area contributed by atoms with Crippen molar-refractivity contribution in [2.45, 2.75) is 39.3 Å². The lowest BCUT2D eigenvalue weighted by atomic mass is 10.0. The Labute approximate surface area is 192 Å². The van der Waals surface area contributed by atoms with Gasteiger partial charge in [0.1, 0.15) is 5.82 Å². The minimum atomic E-state index is -1.13. The fraction of sp³-hybridized carbons (Fsp3) is 0.273. The van der Waals surface area contributed by atoms with Gasteiger partial charge in [0.05, 0.1) is 22.6 Å². The van der Waals surface area contributed by atoms with Gasteiger partial charge in [0, 0.05) is 14.7 Å².